The minimum Gasteiger partial charge on any atom is -0.453 e. The summed E-state index contributed by atoms with van der Waals surface area (Å²) in [6.45, 7) is 4.72. The molecule has 1 fully saturated rings. The predicted octanol–water partition coefficient (Wildman–Crippen LogP) is 6.71. The molecule has 0 bridgehead atoms. The fraction of sp³-hybridized carbons (Fsp3) is 0.302. The Morgan fingerprint density at radius 2 is 1.28 bits per heavy atom. The Bertz CT molecular complexity index is 2230. The number of imidazole rings is 2. The van der Waals surface area contributed by atoms with Crippen LogP contribution in [0.4, 0.5) is 9.59 Å². The summed E-state index contributed by atoms with van der Waals surface area (Å²) in [5.74, 6) is 0.770. The maximum absolute atomic E-state index is 13.9. The highest BCUT2D eigenvalue weighted by molar-refractivity contribution is 5.88. The largest absolute Gasteiger partial charge is 0.453 e. The van der Waals surface area contributed by atoms with E-state index < -0.39 is 30.3 Å². The molecule has 7 rings (SSSR count). The molecule has 4 atom stereocenters. The molecule has 14 heteroatoms. The van der Waals surface area contributed by atoms with Crippen molar-refractivity contribution < 1.29 is 28.7 Å². The lowest BCUT2D eigenvalue weighted by atomic mass is 10.0. The molecule has 294 valence electrons. The van der Waals surface area contributed by atoms with Gasteiger partial charge in [-0.15, -0.1) is 0 Å². The van der Waals surface area contributed by atoms with Crippen molar-refractivity contribution in [1.29, 1.82) is 0 Å². The highest BCUT2D eigenvalue weighted by Crippen LogP contribution is 2.35. The number of likely N-dealkylation sites (tertiary alicyclic amines) is 1. The molecule has 2 aliphatic heterocycles. The van der Waals surface area contributed by atoms with E-state index in [1.54, 1.807) is 22.2 Å². The second-order valence-corrected chi connectivity index (χ2v) is 14.4. The van der Waals surface area contributed by atoms with Crippen LogP contribution in [0.25, 0.3) is 33.6 Å². The number of hydrogen-bond donors (Lipinski definition) is 4. The van der Waals surface area contributed by atoms with Gasteiger partial charge in [0.15, 0.2) is 0 Å². The van der Waals surface area contributed by atoms with Crippen LogP contribution < -0.4 is 10.6 Å². The van der Waals surface area contributed by atoms with Crippen LogP contribution in [0.15, 0.2) is 103 Å². The molecule has 0 aliphatic carbocycles. The Morgan fingerprint density at radius 1 is 0.719 bits per heavy atom. The average Bonchev–Trinajstić information content (AvgIpc) is 4.09. The molecule has 5 aromatic rings. The molecule has 1 saturated heterocycles. The topological polar surface area (TPSA) is 175 Å². The van der Waals surface area contributed by atoms with E-state index in [1.807, 2.05) is 80.6 Å². The molecular formula is C43H46N8O6. The fourth-order valence-corrected chi connectivity index (χ4v) is 7.43. The predicted molar refractivity (Wildman–Crippen MR) is 213 cm³/mol. The van der Waals surface area contributed by atoms with Gasteiger partial charge in [-0.2, -0.15) is 0 Å². The van der Waals surface area contributed by atoms with Crippen LogP contribution in [0.1, 0.15) is 62.0 Å². The molecule has 4 N–H and O–H groups in total. The number of carbonyl (C=O) groups is 4. The van der Waals surface area contributed by atoms with Crippen LogP contribution in [0.2, 0.25) is 0 Å². The number of benzene rings is 3. The second kappa shape index (κ2) is 17.0. The lowest BCUT2D eigenvalue weighted by Crippen LogP contribution is -2.51. The SMILES string of the molecule is COC(=O)N[C@H](C(=O)N1CC=CC1c1ncc(-c2ccc(-c3ccc(-c4cnc(C5CCCN5C(=O)[C@H](NC(=O)OC)c5ccccc5)[nH]4)cc3)cc2)[nH]1)C(C)C. The fourth-order valence-electron chi connectivity index (χ4n) is 7.43. The maximum Gasteiger partial charge on any atom is 0.407 e. The molecule has 0 radical (unpaired) electrons. The zero-order valence-corrected chi connectivity index (χ0v) is 32.3. The molecule has 2 aromatic heterocycles. The maximum atomic E-state index is 13.9. The van der Waals surface area contributed by atoms with E-state index in [-0.39, 0.29) is 23.8 Å². The lowest BCUT2D eigenvalue weighted by Gasteiger charge is -2.29. The summed E-state index contributed by atoms with van der Waals surface area (Å²) in [7, 11) is 2.55. The molecule has 4 amide bonds. The van der Waals surface area contributed by atoms with Crippen LogP contribution in [0, 0.1) is 5.92 Å². The van der Waals surface area contributed by atoms with Crippen LogP contribution in [0.5, 0.6) is 0 Å². The van der Waals surface area contributed by atoms with Crippen molar-refractivity contribution in [3.05, 3.63) is 121 Å². The standard InChI is InChI=1S/C43H46N8O6/c1-26(2)36(48-42(54)56-3)40(52)50-22-8-12-34(50)38-44-24-32(46-38)29-18-14-27(15-19-29)28-16-20-30(21-17-28)33-25-45-39(47-33)35-13-9-23-51(35)41(53)37(49-43(55)57-4)31-10-6-5-7-11-31/h5-8,10-12,14-21,24-26,34-37H,9,13,22-23H2,1-4H3,(H,44,46)(H,45,47)(H,48,54)(H,49,55)/t34?,35?,36-,37+/m0/s1. The van der Waals surface area contributed by atoms with E-state index in [4.69, 9.17) is 14.5 Å². The number of nitrogens with one attached hydrogen (secondary N) is 4. The van der Waals surface area contributed by atoms with E-state index in [0.29, 0.717) is 30.3 Å². The van der Waals surface area contributed by atoms with Crippen molar-refractivity contribution in [2.24, 2.45) is 5.92 Å². The van der Waals surface area contributed by atoms with Gasteiger partial charge in [0.2, 0.25) is 5.91 Å². The molecule has 0 saturated carbocycles. The zero-order chi connectivity index (χ0) is 40.1. The van der Waals surface area contributed by atoms with Crippen LogP contribution in [-0.2, 0) is 19.1 Å². The lowest BCUT2D eigenvalue weighted by molar-refractivity contribution is -0.135. The summed E-state index contributed by atoms with van der Waals surface area (Å²) in [5.41, 5.74) is 6.32. The third kappa shape index (κ3) is 8.30. The molecule has 57 heavy (non-hydrogen) atoms. The number of ether oxygens (including phenoxy) is 2. The van der Waals surface area contributed by atoms with Crippen molar-refractivity contribution in [1.82, 2.24) is 40.4 Å². The summed E-state index contributed by atoms with van der Waals surface area (Å²) in [6, 6.07) is 23.3. The van der Waals surface area contributed by atoms with Crippen LogP contribution in [0.3, 0.4) is 0 Å². The first kappa shape index (κ1) is 38.6. The van der Waals surface area contributed by atoms with Crippen molar-refractivity contribution >= 4 is 24.0 Å². The third-order valence-electron chi connectivity index (χ3n) is 10.5. The van der Waals surface area contributed by atoms with Gasteiger partial charge in [0.1, 0.15) is 29.8 Å². The Morgan fingerprint density at radius 3 is 1.88 bits per heavy atom. The first-order valence-corrected chi connectivity index (χ1v) is 19.0. The van der Waals surface area contributed by atoms with Gasteiger partial charge in [-0.1, -0.05) is 105 Å². The number of amides is 4. The Balaban J connectivity index is 1.01. The van der Waals surface area contributed by atoms with E-state index >= 15 is 0 Å². The Labute approximate surface area is 330 Å². The number of H-pyrrole nitrogens is 2. The van der Waals surface area contributed by atoms with Crippen molar-refractivity contribution in [3.63, 3.8) is 0 Å². The smallest absolute Gasteiger partial charge is 0.407 e. The summed E-state index contributed by atoms with van der Waals surface area (Å²) >= 11 is 0. The van der Waals surface area contributed by atoms with Crippen molar-refractivity contribution in [2.45, 2.75) is 50.9 Å². The number of alkyl carbamates (subject to hydrolysis) is 2. The van der Waals surface area contributed by atoms with E-state index in [1.165, 1.54) is 14.2 Å². The van der Waals surface area contributed by atoms with Crippen LogP contribution >= 0.6 is 0 Å². The molecule has 2 unspecified atom stereocenters. The monoisotopic (exact) mass is 770 g/mol. The molecule has 14 nitrogen and oxygen atoms in total. The normalized spacial score (nSPS) is 17.4. The highest BCUT2D eigenvalue weighted by Gasteiger charge is 2.38. The van der Waals surface area contributed by atoms with Gasteiger partial charge >= 0.3 is 12.2 Å². The Hall–Kier alpha value is -6.70. The van der Waals surface area contributed by atoms with E-state index in [9.17, 15) is 19.2 Å². The number of aromatic amines is 2. The number of aromatic nitrogens is 4. The number of hydrogen-bond acceptors (Lipinski definition) is 8. The minimum absolute atomic E-state index is 0.135. The number of rotatable bonds is 11. The van der Waals surface area contributed by atoms with Gasteiger partial charge in [0.05, 0.1) is 44.0 Å². The molecule has 0 spiro atoms. The van der Waals surface area contributed by atoms with Crippen molar-refractivity contribution in [2.75, 3.05) is 27.3 Å². The Kier molecular flexibility index (Phi) is 11.5. The van der Waals surface area contributed by atoms with E-state index in [0.717, 1.165) is 46.5 Å². The summed E-state index contributed by atoms with van der Waals surface area (Å²) in [5, 5.41) is 5.37. The number of methoxy groups -OCH3 is 2. The first-order chi connectivity index (χ1) is 27.6. The first-order valence-electron chi connectivity index (χ1n) is 19.0. The number of carbonyl (C=O) groups excluding carboxylic acids is 4. The van der Waals surface area contributed by atoms with Gasteiger partial charge in [-0.25, -0.2) is 19.6 Å². The van der Waals surface area contributed by atoms with Gasteiger partial charge in [0.25, 0.3) is 5.91 Å². The van der Waals surface area contributed by atoms with Crippen LogP contribution in [-0.4, -0.2) is 87.1 Å². The van der Waals surface area contributed by atoms with E-state index in [2.05, 4.69) is 49.9 Å². The summed E-state index contributed by atoms with van der Waals surface area (Å²) < 4.78 is 9.56. The summed E-state index contributed by atoms with van der Waals surface area (Å²) in [4.78, 5) is 71.1. The molecular weight excluding hydrogens is 725 g/mol. The number of nitrogens with zero attached hydrogens (tertiary/aromatic N) is 4. The highest BCUT2D eigenvalue weighted by atomic mass is 16.5. The van der Waals surface area contributed by atoms with Gasteiger partial charge in [0, 0.05) is 13.1 Å². The zero-order valence-electron chi connectivity index (χ0n) is 32.3. The van der Waals surface area contributed by atoms with Gasteiger partial charge < -0.3 is 39.9 Å². The van der Waals surface area contributed by atoms with Gasteiger partial charge in [-0.3, -0.25) is 9.59 Å². The molecule has 3 aromatic carbocycles. The van der Waals surface area contributed by atoms with Crippen molar-refractivity contribution in [3.8, 4) is 33.6 Å². The molecule has 2 aliphatic rings. The second-order valence-electron chi connectivity index (χ2n) is 14.4. The average molecular weight is 771 g/mol. The van der Waals surface area contributed by atoms with Gasteiger partial charge in [-0.05, 0) is 46.6 Å². The third-order valence-corrected chi connectivity index (χ3v) is 10.5. The quantitative estimate of drug-likeness (QED) is 0.107. The molecule has 4 heterocycles. The minimum atomic E-state index is -0.883. The summed E-state index contributed by atoms with van der Waals surface area (Å²) in [6.07, 6.45) is 7.66.